The molecule has 1 aliphatic heterocycles. The Hall–Kier alpha value is -1.10. The van der Waals surface area contributed by atoms with Gasteiger partial charge >= 0.3 is 0 Å². The number of rotatable bonds is 3. The standard InChI is InChI=1S/C12H18N2O2/c1-10-2-3-11(9-13-15)12(8-10)14-4-6-16-7-5-14/h2-3,8,13,15H,4-7,9H2,1H3. The molecule has 4 heteroatoms. The van der Waals surface area contributed by atoms with Gasteiger partial charge in [0, 0.05) is 25.3 Å². The molecule has 0 saturated carbocycles. The minimum absolute atomic E-state index is 0.479. The molecule has 0 atom stereocenters. The van der Waals surface area contributed by atoms with Crippen molar-refractivity contribution >= 4 is 5.69 Å². The maximum Gasteiger partial charge on any atom is 0.0642 e. The maximum absolute atomic E-state index is 8.82. The molecule has 1 aromatic carbocycles. The first-order chi connectivity index (χ1) is 7.81. The van der Waals surface area contributed by atoms with Crippen molar-refractivity contribution in [3.63, 3.8) is 0 Å². The van der Waals surface area contributed by atoms with Gasteiger partial charge in [0.1, 0.15) is 0 Å². The number of nitrogens with one attached hydrogen (secondary N) is 1. The second-order valence-electron chi connectivity index (χ2n) is 4.07. The molecule has 4 nitrogen and oxygen atoms in total. The minimum Gasteiger partial charge on any atom is -0.378 e. The van der Waals surface area contributed by atoms with E-state index in [4.69, 9.17) is 9.94 Å². The van der Waals surface area contributed by atoms with Crippen LogP contribution in [0, 0.1) is 6.92 Å². The Labute approximate surface area is 95.8 Å². The van der Waals surface area contributed by atoms with Gasteiger partial charge in [0.25, 0.3) is 0 Å². The van der Waals surface area contributed by atoms with E-state index >= 15 is 0 Å². The monoisotopic (exact) mass is 222 g/mol. The number of aryl methyl sites for hydroxylation is 1. The van der Waals surface area contributed by atoms with Crippen LogP contribution >= 0.6 is 0 Å². The molecule has 1 heterocycles. The Bertz CT molecular complexity index is 349. The Kier molecular flexibility index (Phi) is 3.77. The van der Waals surface area contributed by atoms with Crippen molar-refractivity contribution in [3.8, 4) is 0 Å². The van der Waals surface area contributed by atoms with Crippen LogP contribution in [0.25, 0.3) is 0 Å². The molecular weight excluding hydrogens is 204 g/mol. The zero-order chi connectivity index (χ0) is 11.4. The molecular formula is C12H18N2O2. The minimum atomic E-state index is 0.479. The highest BCUT2D eigenvalue weighted by atomic mass is 16.5. The molecule has 1 saturated heterocycles. The van der Waals surface area contributed by atoms with Crippen LogP contribution in [-0.2, 0) is 11.3 Å². The first-order valence-corrected chi connectivity index (χ1v) is 5.60. The SMILES string of the molecule is Cc1ccc(CNO)c(N2CCOCC2)c1. The highest BCUT2D eigenvalue weighted by Gasteiger charge is 2.14. The molecule has 2 rings (SSSR count). The van der Waals surface area contributed by atoms with Gasteiger partial charge in [-0.15, -0.1) is 0 Å². The van der Waals surface area contributed by atoms with E-state index in [9.17, 15) is 0 Å². The van der Waals surface area contributed by atoms with Gasteiger partial charge in [-0.1, -0.05) is 12.1 Å². The number of morpholine rings is 1. The molecule has 0 amide bonds. The molecule has 0 radical (unpaired) electrons. The smallest absolute Gasteiger partial charge is 0.0642 e. The third kappa shape index (κ3) is 2.52. The largest absolute Gasteiger partial charge is 0.378 e. The lowest BCUT2D eigenvalue weighted by molar-refractivity contribution is 0.122. The number of hydroxylamine groups is 1. The van der Waals surface area contributed by atoms with E-state index in [1.807, 2.05) is 0 Å². The van der Waals surface area contributed by atoms with Gasteiger partial charge in [-0.25, -0.2) is 5.48 Å². The van der Waals surface area contributed by atoms with Crippen LogP contribution < -0.4 is 10.4 Å². The number of ether oxygens (including phenoxy) is 1. The molecule has 88 valence electrons. The molecule has 1 fully saturated rings. The topological polar surface area (TPSA) is 44.7 Å². The summed E-state index contributed by atoms with van der Waals surface area (Å²) in [6, 6.07) is 6.29. The number of nitrogens with zero attached hydrogens (tertiary/aromatic N) is 1. The van der Waals surface area contributed by atoms with E-state index in [1.165, 1.54) is 11.3 Å². The summed E-state index contributed by atoms with van der Waals surface area (Å²) in [6.45, 7) is 5.96. The summed E-state index contributed by atoms with van der Waals surface area (Å²) in [6.07, 6.45) is 0. The van der Waals surface area contributed by atoms with Gasteiger partial charge in [-0.3, -0.25) is 0 Å². The maximum atomic E-state index is 8.82. The normalized spacial score (nSPS) is 16.5. The van der Waals surface area contributed by atoms with Crippen molar-refractivity contribution in [1.82, 2.24) is 5.48 Å². The molecule has 1 aliphatic rings. The Balaban J connectivity index is 2.24. The van der Waals surface area contributed by atoms with Crippen LogP contribution in [0.5, 0.6) is 0 Å². The Morgan fingerprint density at radius 1 is 1.38 bits per heavy atom. The van der Waals surface area contributed by atoms with E-state index in [0.29, 0.717) is 6.54 Å². The van der Waals surface area contributed by atoms with Crippen LogP contribution in [0.4, 0.5) is 5.69 Å². The summed E-state index contributed by atoms with van der Waals surface area (Å²) in [7, 11) is 0. The zero-order valence-corrected chi connectivity index (χ0v) is 9.57. The summed E-state index contributed by atoms with van der Waals surface area (Å²) >= 11 is 0. The number of benzene rings is 1. The third-order valence-electron chi connectivity index (χ3n) is 2.86. The molecule has 1 aromatic rings. The lowest BCUT2D eigenvalue weighted by atomic mass is 10.1. The fourth-order valence-corrected chi connectivity index (χ4v) is 2.01. The van der Waals surface area contributed by atoms with Gasteiger partial charge in [0.15, 0.2) is 0 Å². The van der Waals surface area contributed by atoms with Gasteiger partial charge in [0.05, 0.1) is 13.2 Å². The molecule has 0 aromatic heterocycles. The molecule has 0 unspecified atom stereocenters. The van der Waals surface area contributed by atoms with E-state index in [-0.39, 0.29) is 0 Å². The van der Waals surface area contributed by atoms with Crippen molar-refractivity contribution < 1.29 is 9.94 Å². The lowest BCUT2D eigenvalue weighted by Gasteiger charge is -2.30. The van der Waals surface area contributed by atoms with E-state index in [2.05, 4.69) is 35.5 Å². The van der Waals surface area contributed by atoms with Crippen LogP contribution in [0.15, 0.2) is 18.2 Å². The first-order valence-electron chi connectivity index (χ1n) is 5.60. The highest BCUT2D eigenvalue weighted by molar-refractivity contribution is 5.55. The number of anilines is 1. The zero-order valence-electron chi connectivity index (χ0n) is 9.57. The average molecular weight is 222 g/mol. The van der Waals surface area contributed by atoms with Gasteiger partial charge < -0.3 is 14.8 Å². The summed E-state index contributed by atoms with van der Waals surface area (Å²) in [5.41, 5.74) is 5.78. The van der Waals surface area contributed by atoms with E-state index < -0.39 is 0 Å². The molecule has 0 spiro atoms. The van der Waals surface area contributed by atoms with Crippen LogP contribution in [0.2, 0.25) is 0 Å². The molecule has 2 N–H and O–H groups in total. The quantitative estimate of drug-likeness (QED) is 0.757. The predicted octanol–water partition coefficient (Wildman–Crippen LogP) is 1.31. The van der Waals surface area contributed by atoms with Crippen LogP contribution in [-0.4, -0.2) is 31.5 Å². The van der Waals surface area contributed by atoms with E-state index in [0.717, 1.165) is 31.9 Å². The predicted molar refractivity (Wildman–Crippen MR) is 62.8 cm³/mol. The van der Waals surface area contributed by atoms with Crippen molar-refractivity contribution in [2.75, 3.05) is 31.2 Å². The van der Waals surface area contributed by atoms with Crippen molar-refractivity contribution in [1.29, 1.82) is 0 Å². The average Bonchev–Trinajstić information content (AvgIpc) is 2.33. The second-order valence-corrected chi connectivity index (χ2v) is 4.07. The highest BCUT2D eigenvalue weighted by Crippen LogP contribution is 2.23. The van der Waals surface area contributed by atoms with Crippen LogP contribution in [0.1, 0.15) is 11.1 Å². The van der Waals surface area contributed by atoms with Crippen molar-refractivity contribution in [2.24, 2.45) is 0 Å². The number of hydrogen-bond donors (Lipinski definition) is 2. The first kappa shape index (κ1) is 11.4. The third-order valence-corrected chi connectivity index (χ3v) is 2.86. The van der Waals surface area contributed by atoms with Gasteiger partial charge in [-0.2, -0.15) is 0 Å². The van der Waals surface area contributed by atoms with Crippen molar-refractivity contribution in [3.05, 3.63) is 29.3 Å². The Morgan fingerprint density at radius 2 is 2.12 bits per heavy atom. The fourth-order valence-electron chi connectivity index (χ4n) is 2.01. The lowest BCUT2D eigenvalue weighted by Crippen LogP contribution is -2.37. The van der Waals surface area contributed by atoms with Crippen LogP contribution in [0.3, 0.4) is 0 Å². The number of hydrogen-bond acceptors (Lipinski definition) is 4. The molecule has 0 bridgehead atoms. The summed E-state index contributed by atoms with van der Waals surface area (Å²) in [5, 5.41) is 8.82. The summed E-state index contributed by atoms with van der Waals surface area (Å²) < 4.78 is 5.34. The van der Waals surface area contributed by atoms with Gasteiger partial charge in [-0.05, 0) is 24.1 Å². The summed E-state index contributed by atoms with van der Waals surface area (Å²) in [4.78, 5) is 2.31. The molecule has 16 heavy (non-hydrogen) atoms. The Morgan fingerprint density at radius 3 is 2.81 bits per heavy atom. The van der Waals surface area contributed by atoms with Gasteiger partial charge in [0.2, 0.25) is 0 Å². The summed E-state index contributed by atoms with van der Waals surface area (Å²) in [5.74, 6) is 0. The van der Waals surface area contributed by atoms with Crippen molar-refractivity contribution in [2.45, 2.75) is 13.5 Å². The second kappa shape index (κ2) is 5.30. The fraction of sp³-hybridized carbons (Fsp3) is 0.500. The van der Waals surface area contributed by atoms with E-state index in [1.54, 1.807) is 0 Å². The molecule has 0 aliphatic carbocycles.